The van der Waals surface area contributed by atoms with Gasteiger partial charge in [0.1, 0.15) is 5.75 Å². The zero-order chi connectivity index (χ0) is 28.8. The Kier molecular flexibility index (Phi) is 9.04. The predicted molar refractivity (Wildman–Crippen MR) is 167 cm³/mol. The van der Waals surface area contributed by atoms with Gasteiger partial charge >= 0.3 is 0 Å². The molecule has 0 saturated carbocycles. The number of terminal acetylenes is 1. The van der Waals surface area contributed by atoms with Gasteiger partial charge in [0.2, 0.25) is 0 Å². The van der Waals surface area contributed by atoms with Gasteiger partial charge in [0, 0.05) is 17.7 Å². The first-order chi connectivity index (χ1) is 19.3. The molecule has 206 valence electrons. The highest BCUT2D eigenvalue weighted by atomic mass is 28.4. The van der Waals surface area contributed by atoms with Crippen LogP contribution < -0.4 is 24.6 Å². The SMILES string of the molecule is C#Cc1c(CCO[Si](c2ccccc2)(c2ccccc2)C(C)(C)C)cc(OC)c(OC)c1-c1ccc(OC)cc1. The van der Waals surface area contributed by atoms with Gasteiger partial charge in [-0.15, -0.1) is 6.42 Å². The Labute approximate surface area is 240 Å². The Morgan fingerprint density at radius 3 is 1.77 bits per heavy atom. The summed E-state index contributed by atoms with van der Waals surface area (Å²) in [5.41, 5.74) is 3.50. The van der Waals surface area contributed by atoms with E-state index in [1.807, 2.05) is 30.3 Å². The Morgan fingerprint density at radius 2 is 1.32 bits per heavy atom. The Bertz CT molecular complexity index is 1410. The Hall–Kier alpha value is -3.98. The largest absolute Gasteiger partial charge is 0.497 e. The summed E-state index contributed by atoms with van der Waals surface area (Å²) in [6, 6.07) is 31.1. The van der Waals surface area contributed by atoms with Crippen LogP contribution in [0.3, 0.4) is 0 Å². The monoisotopic (exact) mass is 550 g/mol. The molecule has 0 saturated heterocycles. The van der Waals surface area contributed by atoms with E-state index in [1.54, 1.807) is 21.3 Å². The highest BCUT2D eigenvalue weighted by molar-refractivity contribution is 6.99. The van der Waals surface area contributed by atoms with Crippen LogP contribution in [-0.2, 0) is 10.8 Å². The molecule has 4 rings (SSSR count). The molecule has 0 fully saturated rings. The van der Waals surface area contributed by atoms with E-state index in [0.717, 1.165) is 28.0 Å². The van der Waals surface area contributed by atoms with E-state index in [4.69, 9.17) is 25.1 Å². The average Bonchev–Trinajstić information content (AvgIpc) is 2.98. The smallest absolute Gasteiger partial charge is 0.261 e. The van der Waals surface area contributed by atoms with Crippen molar-refractivity contribution in [3.63, 3.8) is 0 Å². The van der Waals surface area contributed by atoms with Crippen molar-refractivity contribution in [2.24, 2.45) is 0 Å². The molecular weight excluding hydrogens is 512 g/mol. The summed E-state index contributed by atoms with van der Waals surface area (Å²) >= 11 is 0. The zero-order valence-electron chi connectivity index (χ0n) is 24.3. The van der Waals surface area contributed by atoms with E-state index in [2.05, 4.69) is 87.4 Å². The summed E-state index contributed by atoms with van der Waals surface area (Å²) < 4.78 is 24.1. The molecule has 5 heteroatoms. The van der Waals surface area contributed by atoms with Crippen molar-refractivity contribution >= 4 is 18.7 Å². The van der Waals surface area contributed by atoms with Crippen molar-refractivity contribution in [1.82, 2.24) is 0 Å². The molecule has 0 atom stereocenters. The fraction of sp³-hybridized carbons (Fsp3) is 0.257. The summed E-state index contributed by atoms with van der Waals surface area (Å²) in [5, 5.41) is 2.38. The minimum absolute atomic E-state index is 0.115. The van der Waals surface area contributed by atoms with Crippen LogP contribution in [0.1, 0.15) is 31.9 Å². The van der Waals surface area contributed by atoms with Gasteiger partial charge < -0.3 is 18.6 Å². The predicted octanol–water partition coefficient (Wildman–Crippen LogP) is 6.48. The molecule has 0 aromatic heterocycles. The first-order valence-corrected chi connectivity index (χ1v) is 15.4. The van der Waals surface area contributed by atoms with Crippen molar-refractivity contribution in [3.05, 3.63) is 102 Å². The molecule has 4 aromatic carbocycles. The third-order valence-electron chi connectivity index (χ3n) is 7.38. The molecule has 0 heterocycles. The summed E-state index contributed by atoms with van der Waals surface area (Å²) in [6.45, 7) is 7.35. The fourth-order valence-corrected chi connectivity index (χ4v) is 10.1. The lowest BCUT2D eigenvalue weighted by Crippen LogP contribution is -2.66. The summed E-state index contributed by atoms with van der Waals surface area (Å²) in [6.07, 6.45) is 6.78. The third kappa shape index (κ3) is 5.51. The van der Waals surface area contributed by atoms with Gasteiger partial charge in [0.15, 0.2) is 11.5 Å². The molecule has 4 nitrogen and oxygen atoms in total. The van der Waals surface area contributed by atoms with E-state index in [9.17, 15) is 0 Å². The first kappa shape index (κ1) is 29.0. The topological polar surface area (TPSA) is 36.9 Å². The van der Waals surface area contributed by atoms with Gasteiger partial charge in [-0.3, -0.25) is 0 Å². The minimum Gasteiger partial charge on any atom is -0.497 e. The lowest BCUT2D eigenvalue weighted by Gasteiger charge is -2.43. The van der Waals surface area contributed by atoms with E-state index in [-0.39, 0.29) is 5.04 Å². The Balaban J connectivity index is 1.79. The molecule has 0 spiro atoms. The molecule has 0 aliphatic heterocycles. The number of hydrogen-bond acceptors (Lipinski definition) is 4. The zero-order valence-corrected chi connectivity index (χ0v) is 25.3. The number of ether oxygens (including phenoxy) is 3. The van der Waals surface area contributed by atoms with Gasteiger partial charge in [0.05, 0.1) is 21.3 Å². The lowest BCUT2D eigenvalue weighted by atomic mass is 9.92. The molecule has 0 amide bonds. The highest BCUT2D eigenvalue weighted by Crippen LogP contribution is 2.43. The van der Waals surface area contributed by atoms with Crippen LogP contribution >= 0.6 is 0 Å². The first-order valence-electron chi connectivity index (χ1n) is 13.4. The average molecular weight is 551 g/mol. The van der Waals surface area contributed by atoms with Gasteiger partial charge in [0.25, 0.3) is 8.32 Å². The number of benzene rings is 4. The van der Waals surface area contributed by atoms with E-state index in [1.165, 1.54) is 10.4 Å². The maximum atomic E-state index is 7.16. The van der Waals surface area contributed by atoms with Crippen molar-refractivity contribution in [1.29, 1.82) is 0 Å². The van der Waals surface area contributed by atoms with Crippen LogP contribution in [0.5, 0.6) is 17.2 Å². The van der Waals surface area contributed by atoms with Gasteiger partial charge in [-0.1, -0.05) is 99.5 Å². The molecule has 40 heavy (non-hydrogen) atoms. The molecular formula is C35H38O4Si. The Morgan fingerprint density at radius 1 is 0.750 bits per heavy atom. The second kappa shape index (κ2) is 12.5. The molecule has 0 aliphatic carbocycles. The van der Waals surface area contributed by atoms with Gasteiger partial charge in [-0.25, -0.2) is 0 Å². The second-order valence-electron chi connectivity index (χ2n) is 10.7. The maximum Gasteiger partial charge on any atom is 0.261 e. The summed E-state index contributed by atoms with van der Waals surface area (Å²) in [5.74, 6) is 4.96. The van der Waals surface area contributed by atoms with Crippen LogP contribution in [0.15, 0.2) is 91.0 Å². The van der Waals surface area contributed by atoms with Crippen molar-refractivity contribution < 1.29 is 18.6 Å². The molecule has 4 aromatic rings. The summed E-state index contributed by atoms with van der Waals surface area (Å²) in [4.78, 5) is 0. The minimum atomic E-state index is -2.68. The van der Waals surface area contributed by atoms with Crippen LogP contribution in [0.25, 0.3) is 11.1 Å². The van der Waals surface area contributed by atoms with Crippen LogP contribution in [-0.4, -0.2) is 36.3 Å². The maximum absolute atomic E-state index is 7.16. The van der Waals surface area contributed by atoms with E-state index in [0.29, 0.717) is 24.5 Å². The molecule has 0 radical (unpaired) electrons. The van der Waals surface area contributed by atoms with Gasteiger partial charge in [-0.05, 0) is 51.2 Å². The third-order valence-corrected chi connectivity index (χ3v) is 12.4. The normalized spacial score (nSPS) is 11.5. The highest BCUT2D eigenvalue weighted by Gasteiger charge is 2.50. The number of hydrogen-bond donors (Lipinski definition) is 0. The van der Waals surface area contributed by atoms with E-state index < -0.39 is 8.32 Å². The van der Waals surface area contributed by atoms with Crippen molar-refractivity contribution in [3.8, 4) is 40.7 Å². The summed E-state index contributed by atoms with van der Waals surface area (Å²) in [7, 11) is 2.25. The van der Waals surface area contributed by atoms with Gasteiger partial charge in [-0.2, -0.15) is 0 Å². The molecule has 0 aliphatic rings. The second-order valence-corrected chi connectivity index (χ2v) is 15.0. The quantitative estimate of drug-likeness (QED) is 0.167. The van der Waals surface area contributed by atoms with Crippen LogP contribution in [0.2, 0.25) is 5.04 Å². The van der Waals surface area contributed by atoms with Crippen molar-refractivity contribution in [2.45, 2.75) is 32.2 Å². The molecule has 0 N–H and O–H groups in total. The number of rotatable bonds is 10. The van der Waals surface area contributed by atoms with E-state index >= 15 is 0 Å². The van der Waals surface area contributed by atoms with Crippen LogP contribution in [0.4, 0.5) is 0 Å². The van der Waals surface area contributed by atoms with Crippen molar-refractivity contribution in [2.75, 3.05) is 27.9 Å². The number of methoxy groups -OCH3 is 3. The standard InChI is InChI=1S/C35H38O4Si/c1-8-31-27(25-32(37-6)34(38-7)33(31)26-19-21-28(36-5)22-20-26)23-24-39-40(35(2,3)4,29-15-11-9-12-16-29)30-17-13-10-14-18-30/h1,9-22,25H,23-24H2,2-7H3. The molecule has 0 bridgehead atoms. The fourth-order valence-electron chi connectivity index (χ4n) is 5.52. The molecule has 0 unspecified atom stereocenters. The van der Waals surface area contributed by atoms with Crippen LogP contribution in [0, 0.1) is 12.3 Å². The lowest BCUT2D eigenvalue weighted by molar-refractivity contribution is 0.301.